The lowest BCUT2D eigenvalue weighted by molar-refractivity contribution is 0.0927. The Labute approximate surface area is 120 Å². The SMILES string of the molecule is COc1cc(OC)c(C(=O)NC(C)C(C)C)cc1OC. The van der Waals surface area contributed by atoms with Crippen LogP contribution in [-0.4, -0.2) is 33.3 Å². The van der Waals surface area contributed by atoms with Gasteiger partial charge in [0.2, 0.25) is 0 Å². The van der Waals surface area contributed by atoms with Gasteiger partial charge in [-0.2, -0.15) is 0 Å². The van der Waals surface area contributed by atoms with Gasteiger partial charge in [0, 0.05) is 18.2 Å². The van der Waals surface area contributed by atoms with Crippen molar-refractivity contribution in [1.82, 2.24) is 5.32 Å². The van der Waals surface area contributed by atoms with E-state index in [0.717, 1.165) is 0 Å². The van der Waals surface area contributed by atoms with Crippen LogP contribution in [0.5, 0.6) is 17.2 Å². The van der Waals surface area contributed by atoms with Gasteiger partial charge >= 0.3 is 0 Å². The number of amides is 1. The van der Waals surface area contributed by atoms with Crippen LogP contribution in [0.25, 0.3) is 0 Å². The second-order valence-electron chi connectivity index (χ2n) is 4.91. The number of methoxy groups -OCH3 is 3. The van der Waals surface area contributed by atoms with E-state index in [2.05, 4.69) is 19.2 Å². The van der Waals surface area contributed by atoms with Gasteiger partial charge < -0.3 is 19.5 Å². The third-order valence-electron chi connectivity index (χ3n) is 3.31. The van der Waals surface area contributed by atoms with E-state index in [-0.39, 0.29) is 11.9 Å². The zero-order valence-electron chi connectivity index (χ0n) is 12.9. The Morgan fingerprint density at radius 3 is 1.90 bits per heavy atom. The number of nitrogens with one attached hydrogen (secondary N) is 1. The van der Waals surface area contributed by atoms with Crippen molar-refractivity contribution < 1.29 is 19.0 Å². The smallest absolute Gasteiger partial charge is 0.255 e. The second kappa shape index (κ2) is 7.03. The maximum Gasteiger partial charge on any atom is 0.255 e. The molecule has 112 valence electrons. The molecule has 0 aliphatic carbocycles. The van der Waals surface area contributed by atoms with Crippen LogP contribution in [0.15, 0.2) is 12.1 Å². The molecule has 1 aromatic carbocycles. The molecular weight excluding hydrogens is 258 g/mol. The van der Waals surface area contributed by atoms with Crippen LogP contribution in [0.4, 0.5) is 0 Å². The van der Waals surface area contributed by atoms with E-state index in [4.69, 9.17) is 14.2 Å². The van der Waals surface area contributed by atoms with Crippen molar-refractivity contribution in [2.24, 2.45) is 5.92 Å². The van der Waals surface area contributed by atoms with Gasteiger partial charge in [-0.1, -0.05) is 13.8 Å². The Hall–Kier alpha value is -1.91. The molecule has 1 amide bonds. The fraction of sp³-hybridized carbons (Fsp3) is 0.533. The summed E-state index contributed by atoms with van der Waals surface area (Å²) >= 11 is 0. The first-order valence-corrected chi connectivity index (χ1v) is 6.55. The van der Waals surface area contributed by atoms with Gasteiger partial charge in [-0.05, 0) is 12.8 Å². The molecule has 5 heteroatoms. The largest absolute Gasteiger partial charge is 0.496 e. The van der Waals surface area contributed by atoms with E-state index in [1.54, 1.807) is 12.1 Å². The van der Waals surface area contributed by atoms with Crippen molar-refractivity contribution in [2.45, 2.75) is 26.8 Å². The summed E-state index contributed by atoms with van der Waals surface area (Å²) in [6.07, 6.45) is 0. The van der Waals surface area contributed by atoms with E-state index in [1.165, 1.54) is 21.3 Å². The first-order chi connectivity index (χ1) is 9.44. The minimum absolute atomic E-state index is 0.0697. The van der Waals surface area contributed by atoms with E-state index in [9.17, 15) is 4.79 Å². The molecule has 0 heterocycles. The molecule has 20 heavy (non-hydrogen) atoms. The van der Waals surface area contributed by atoms with Gasteiger partial charge in [-0.3, -0.25) is 4.79 Å². The highest BCUT2D eigenvalue weighted by Gasteiger charge is 2.19. The topological polar surface area (TPSA) is 56.8 Å². The predicted molar refractivity (Wildman–Crippen MR) is 77.9 cm³/mol. The number of hydrogen-bond acceptors (Lipinski definition) is 4. The molecule has 0 saturated heterocycles. The normalized spacial score (nSPS) is 11.9. The minimum Gasteiger partial charge on any atom is -0.496 e. The van der Waals surface area contributed by atoms with Crippen LogP contribution in [0, 0.1) is 5.92 Å². The molecule has 0 aliphatic heterocycles. The van der Waals surface area contributed by atoms with Gasteiger partial charge in [-0.15, -0.1) is 0 Å². The summed E-state index contributed by atoms with van der Waals surface area (Å²) in [4.78, 5) is 12.3. The van der Waals surface area contributed by atoms with Crippen LogP contribution >= 0.6 is 0 Å². The van der Waals surface area contributed by atoms with E-state index in [0.29, 0.717) is 28.7 Å². The molecule has 0 aliphatic rings. The van der Waals surface area contributed by atoms with Crippen molar-refractivity contribution in [3.8, 4) is 17.2 Å². The van der Waals surface area contributed by atoms with Crippen LogP contribution < -0.4 is 19.5 Å². The monoisotopic (exact) mass is 281 g/mol. The molecule has 0 radical (unpaired) electrons. The standard InChI is InChI=1S/C15H23NO4/c1-9(2)10(3)16-15(17)11-7-13(19-5)14(20-6)8-12(11)18-4/h7-10H,1-6H3,(H,16,17). The first kappa shape index (κ1) is 16.1. The number of ether oxygens (including phenoxy) is 3. The van der Waals surface area contributed by atoms with Gasteiger partial charge in [0.25, 0.3) is 5.91 Å². The summed E-state index contributed by atoms with van der Waals surface area (Å²) in [7, 11) is 4.59. The predicted octanol–water partition coefficient (Wildman–Crippen LogP) is 2.49. The molecule has 1 N–H and O–H groups in total. The second-order valence-corrected chi connectivity index (χ2v) is 4.91. The van der Waals surface area contributed by atoms with Crippen LogP contribution in [0.1, 0.15) is 31.1 Å². The summed E-state index contributed by atoms with van der Waals surface area (Å²) in [6, 6.07) is 3.34. The number of hydrogen-bond donors (Lipinski definition) is 1. The van der Waals surface area contributed by atoms with Crippen LogP contribution in [-0.2, 0) is 0 Å². The van der Waals surface area contributed by atoms with Crippen molar-refractivity contribution >= 4 is 5.91 Å². The molecule has 5 nitrogen and oxygen atoms in total. The molecule has 0 bridgehead atoms. The minimum atomic E-state index is -0.191. The maximum absolute atomic E-state index is 12.3. The summed E-state index contributed by atoms with van der Waals surface area (Å²) < 4.78 is 15.7. The third kappa shape index (κ3) is 3.56. The summed E-state index contributed by atoms with van der Waals surface area (Å²) in [5.74, 6) is 1.64. The zero-order chi connectivity index (χ0) is 15.3. The van der Waals surface area contributed by atoms with Crippen LogP contribution in [0.2, 0.25) is 0 Å². The molecule has 0 fully saturated rings. The van der Waals surface area contributed by atoms with Gasteiger partial charge in [0.15, 0.2) is 11.5 Å². The lowest BCUT2D eigenvalue weighted by Gasteiger charge is -2.19. The van der Waals surface area contributed by atoms with E-state index < -0.39 is 0 Å². The zero-order valence-corrected chi connectivity index (χ0v) is 12.9. The van der Waals surface area contributed by atoms with Gasteiger partial charge in [0.05, 0.1) is 26.9 Å². The fourth-order valence-electron chi connectivity index (χ4n) is 1.66. The lowest BCUT2D eigenvalue weighted by Crippen LogP contribution is -2.36. The van der Waals surface area contributed by atoms with E-state index in [1.807, 2.05) is 6.92 Å². The number of carbonyl (C=O) groups is 1. The van der Waals surface area contributed by atoms with Gasteiger partial charge in [0.1, 0.15) is 5.75 Å². The molecule has 1 rings (SSSR count). The average Bonchev–Trinajstić information content (AvgIpc) is 2.45. The summed E-state index contributed by atoms with van der Waals surface area (Å²) in [5.41, 5.74) is 0.428. The van der Waals surface area contributed by atoms with Crippen molar-refractivity contribution in [2.75, 3.05) is 21.3 Å². The summed E-state index contributed by atoms with van der Waals surface area (Å²) in [5, 5.41) is 2.94. The highest BCUT2D eigenvalue weighted by Crippen LogP contribution is 2.34. The Balaban J connectivity index is 3.12. The van der Waals surface area contributed by atoms with Crippen molar-refractivity contribution in [3.05, 3.63) is 17.7 Å². The van der Waals surface area contributed by atoms with E-state index >= 15 is 0 Å². The highest BCUT2D eigenvalue weighted by molar-refractivity contribution is 5.98. The van der Waals surface area contributed by atoms with Crippen LogP contribution in [0.3, 0.4) is 0 Å². The Morgan fingerprint density at radius 1 is 0.950 bits per heavy atom. The number of rotatable bonds is 6. The number of carbonyl (C=O) groups excluding carboxylic acids is 1. The lowest BCUT2D eigenvalue weighted by atomic mass is 10.1. The van der Waals surface area contributed by atoms with Gasteiger partial charge in [-0.25, -0.2) is 0 Å². The molecular formula is C15H23NO4. The number of benzene rings is 1. The molecule has 1 unspecified atom stereocenters. The molecule has 0 spiro atoms. The Bertz CT molecular complexity index is 471. The average molecular weight is 281 g/mol. The Kier molecular flexibility index (Phi) is 5.67. The maximum atomic E-state index is 12.3. The Morgan fingerprint density at radius 2 is 1.45 bits per heavy atom. The molecule has 1 atom stereocenters. The van der Waals surface area contributed by atoms with Crippen molar-refractivity contribution in [3.63, 3.8) is 0 Å². The summed E-state index contributed by atoms with van der Waals surface area (Å²) in [6.45, 7) is 6.07. The van der Waals surface area contributed by atoms with Crippen molar-refractivity contribution in [1.29, 1.82) is 0 Å². The fourth-order valence-corrected chi connectivity index (χ4v) is 1.66. The molecule has 1 aromatic rings. The first-order valence-electron chi connectivity index (χ1n) is 6.55. The highest BCUT2D eigenvalue weighted by atomic mass is 16.5. The molecule has 0 aromatic heterocycles. The third-order valence-corrected chi connectivity index (χ3v) is 3.31. The quantitative estimate of drug-likeness (QED) is 0.870. The molecule has 0 saturated carbocycles.